The molecule has 0 N–H and O–H groups in total. The summed E-state index contributed by atoms with van der Waals surface area (Å²) in [5, 5.41) is 0.613. The first-order valence-corrected chi connectivity index (χ1v) is 9.83. The fourth-order valence-electron chi connectivity index (χ4n) is 3.08. The highest BCUT2D eigenvalue weighted by atomic mass is 32.1. The largest absolute Gasteiger partial charge is 0.309 e. The van der Waals surface area contributed by atoms with Crippen molar-refractivity contribution in [1.82, 2.24) is 14.8 Å². The fraction of sp³-hybridized carbons (Fsp3) is 0.474. The number of fused-ring (bicyclic) bond motifs is 1. The zero-order chi connectivity index (χ0) is 19.6. The van der Waals surface area contributed by atoms with Crippen LogP contribution in [0.1, 0.15) is 24.8 Å². The molecule has 2 aromatic rings. The lowest BCUT2D eigenvalue weighted by Gasteiger charge is -2.23. The second-order valence-electron chi connectivity index (χ2n) is 6.99. The van der Waals surface area contributed by atoms with E-state index < -0.39 is 0 Å². The van der Waals surface area contributed by atoms with Crippen molar-refractivity contribution in [1.29, 1.82) is 0 Å². The lowest BCUT2D eigenvalue weighted by Crippen LogP contribution is -2.43. The van der Waals surface area contributed by atoms with Gasteiger partial charge in [0.1, 0.15) is 6.54 Å². The van der Waals surface area contributed by atoms with Crippen molar-refractivity contribution in [3.8, 4) is 0 Å². The van der Waals surface area contributed by atoms with E-state index in [9.17, 15) is 14.4 Å². The molecule has 27 heavy (non-hydrogen) atoms. The average molecular weight is 388 g/mol. The van der Waals surface area contributed by atoms with Gasteiger partial charge in [-0.05, 0) is 45.6 Å². The number of likely N-dealkylation sites (tertiary alicyclic amines) is 1. The van der Waals surface area contributed by atoms with Gasteiger partial charge in [-0.15, -0.1) is 0 Å². The van der Waals surface area contributed by atoms with Crippen LogP contribution in [0.2, 0.25) is 0 Å². The number of rotatable bonds is 7. The quantitative estimate of drug-likeness (QED) is 0.679. The number of aromatic nitrogens is 1. The van der Waals surface area contributed by atoms with Gasteiger partial charge in [-0.2, -0.15) is 0 Å². The van der Waals surface area contributed by atoms with Crippen LogP contribution in [0.15, 0.2) is 18.2 Å². The number of hydrogen-bond donors (Lipinski definition) is 0. The van der Waals surface area contributed by atoms with Crippen molar-refractivity contribution in [2.24, 2.45) is 0 Å². The summed E-state index contributed by atoms with van der Waals surface area (Å²) in [5.74, 6) is -0.822. The molecule has 1 aromatic heterocycles. The normalized spacial score (nSPS) is 14.6. The number of thiazole rings is 1. The Morgan fingerprint density at radius 2 is 1.89 bits per heavy atom. The highest BCUT2D eigenvalue weighted by molar-refractivity contribution is 7.22. The molecule has 1 aromatic carbocycles. The Kier molecular flexibility index (Phi) is 5.86. The second kappa shape index (κ2) is 8.14. The molecule has 7 nitrogen and oxygen atoms in total. The van der Waals surface area contributed by atoms with Crippen LogP contribution in [0.5, 0.6) is 0 Å². The lowest BCUT2D eigenvalue weighted by molar-refractivity contribution is -0.141. The molecule has 0 radical (unpaired) electrons. The van der Waals surface area contributed by atoms with E-state index in [-0.39, 0.29) is 37.1 Å². The van der Waals surface area contributed by atoms with E-state index in [1.54, 1.807) is 4.90 Å². The Labute approximate surface area is 162 Å². The minimum absolute atomic E-state index is 0.188. The van der Waals surface area contributed by atoms with Crippen molar-refractivity contribution in [2.45, 2.75) is 26.2 Å². The lowest BCUT2D eigenvalue weighted by atomic mass is 10.2. The molecule has 1 aliphatic rings. The molecule has 0 aliphatic carbocycles. The summed E-state index contributed by atoms with van der Waals surface area (Å²) >= 11 is 1.46. The van der Waals surface area contributed by atoms with Gasteiger partial charge in [0, 0.05) is 19.4 Å². The molecule has 3 amide bonds. The number of carbonyl (C=O) groups excluding carboxylic acids is 3. The molecule has 3 rings (SSSR count). The third-order valence-corrected chi connectivity index (χ3v) is 5.62. The van der Waals surface area contributed by atoms with Gasteiger partial charge in [-0.25, -0.2) is 4.98 Å². The molecule has 0 unspecified atom stereocenters. The number of aryl methyl sites for hydroxylation is 1. The first-order chi connectivity index (χ1) is 12.9. The van der Waals surface area contributed by atoms with E-state index in [2.05, 4.69) is 9.88 Å². The fourth-order valence-corrected chi connectivity index (χ4v) is 4.17. The molecular formula is C19H24N4O3S. The summed E-state index contributed by atoms with van der Waals surface area (Å²) in [6.07, 6.45) is 1.15. The molecule has 8 heteroatoms. The Hall–Kier alpha value is -2.32. The number of imide groups is 1. The summed E-state index contributed by atoms with van der Waals surface area (Å²) in [7, 11) is 3.96. The van der Waals surface area contributed by atoms with Gasteiger partial charge in [-0.3, -0.25) is 24.2 Å². The standard InChI is InChI=1S/C19H24N4O3S/c1-13-6-4-7-14-18(13)20-19(27-14)22(11-5-10-21(2)3)17(26)12-23-15(24)8-9-16(23)25/h4,6-7H,5,8-12H2,1-3H3. The average Bonchev–Trinajstić information content (AvgIpc) is 3.18. The monoisotopic (exact) mass is 388 g/mol. The topological polar surface area (TPSA) is 73.8 Å². The molecular weight excluding hydrogens is 364 g/mol. The van der Waals surface area contributed by atoms with Gasteiger partial charge in [0.2, 0.25) is 17.7 Å². The molecule has 0 spiro atoms. The minimum atomic E-state index is -0.276. The number of anilines is 1. The van der Waals surface area contributed by atoms with Gasteiger partial charge in [0.05, 0.1) is 10.2 Å². The Bertz CT molecular complexity index is 861. The maximum Gasteiger partial charge on any atom is 0.248 e. The third-order valence-electron chi connectivity index (χ3n) is 4.58. The third kappa shape index (κ3) is 4.33. The summed E-state index contributed by atoms with van der Waals surface area (Å²) < 4.78 is 1.02. The van der Waals surface area contributed by atoms with Crippen LogP contribution >= 0.6 is 11.3 Å². The van der Waals surface area contributed by atoms with Crippen LogP contribution in [0.25, 0.3) is 10.2 Å². The maximum absolute atomic E-state index is 13.0. The number of carbonyl (C=O) groups is 3. The minimum Gasteiger partial charge on any atom is -0.309 e. The predicted molar refractivity (Wildman–Crippen MR) is 106 cm³/mol. The molecule has 0 atom stereocenters. The van der Waals surface area contributed by atoms with Crippen LogP contribution in [-0.2, 0) is 14.4 Å². The predicted octanol–water partition coefficient (Wildman–Crippen LogP) is 2.04. The van der Waals surface area contributed by atoms with E-state index >= 15 is 0 Å². The highest BCUT2D eigenvalue weighted by Gasteiger charge is 2.32. The number of para-hydroxylation sites is 1. The van der Waals surface area contributed by atoms with Crippen molar-refractivity contribution < 1.29 is 14.4 Å². The first kappa shape index (κ1) is 19.4. The molecule has 144 valence electrons. The van der Waals surface area contributed by atoms with E-state index in [1.807, 2.05) is 39.2 Å². The van der Waals surface area contributed by atoms with Crippen molar-refractivity contribution in [3.05, 3.63) is 23.8 Å². The summed E-state index contributed by atoms with van der Waals surface area (Å²) in [6.45, 7) is 3.10. The van der Waals surface area contributed by atoms with Gasteiger partial charge in [0.25, 0.3) is 0 Å². The van der Waals surface area contributed by atoms with Crippen LogP contribution in [0.4, 0.5) is 5.13 Å². The summed E-state index contributed by atoms with van der Waals surface area (Å²) in [4.78, 5) is 46.1. The molecule has 1 aliphatic heterocycles. The Balaban J connectivity index is 1.85. The molecule has 1 fully saturated rings. The number of benzene rings is 1. The number of nitrogens with zero attached hydrogens (tertiary/aromatic N) is 4. The van der Waals surface area contributed by atoms with E-state index in [4.69, 9.17) is 0 Å². The van der Waals surface area contributed by atoms with Crippen molar-refractivity contribution >= 4 is 44.4 Å². The van der Waals surface area contributed by atoms with Crippen molar-refractivity contribution in [2.75, 3.05) is 38.6 Å². The molecule has 0 saturated carbocycles. The zero-order valence-corrected chi connectivity index (χ0v) is 16.7. The smallest absolute Gasteiger partial charge is 0.248 e. The van der Waals surface area contributed by atoms with Gasteiger partial charge in [0.15, 0.2) is 5.13 Å². The number of hydrogen-bond acceptors (Lipinski definition) is 6. The van der Waals surface area contributed by atoms with E-state index in [1.165, 1.54) is 11.3 Å². The second-order valence-corrected chi connectivity index (χ2v) is 8.00. The van der Waals surface area contributed by atoms with Gasteiger partial charge < -0.3 is 4.90 Å². The van der Waals surface area contributed by atoms with Crippen LogP contribution in [0.3, 0.4) is 0 Å². The summed E-state index contributed by atoms with van der Waals surface area (Å²) in [5.41, 5.74) is 1.94. The van der Waals surface area contributed by atoms with Gasteiger partial charge >= 0.3 is 0 Å². The van der Waals surface area contributed by atoms with Crippen molar-refractivity contribution in [3.63, 3.8) is 0 Å². The molecule has 1 saturated heterocycles. The molecule has 0 bridgehead atoms. The summed E-state index contributed by atoms with van der Waals surface area (Å²) in [6, 6.07) is 5.95. The Morgan fingerprint density at radius 3 is 2.52 bits per heavy atom. The van der Waals surface area contributed by atoms with E-state index in [0.717, 1.165) is 33.6 Å². The Morgan fingerprint density at radius 1 is 1.19 bits per heavy atom. The zero-order valence-electron chi connectivity index (χ0n) is 15.9. The van der Waals surface area contributed by atoms with Crippen LogP contribution < -0.4 is 4.90 Å². The first-order valence-electron chi connectivity index (χ1n) is 9.01. The maximum atomic E-state index is 13.0. The van der Waals surface area contributed by atoms with Crippen LogP contribution in [-0.4, -0.2) is 66.2 Å². The molecule has 2 heterocycles. The number of amides is 3. The SMILES string of the molecule is Cc1cccc2sc(N(CCCN(C)C)C(=O)CN3C(=O)CCC3=O)nc12. The highest BCUT2D eigenvalue weighted by Crippen LogP contribution is 2.31. The van der Waals surface area contributed by atoms with Crippen LogP contribution in [0, 0.1) is 6.92 Å². The van der Waals surface area contributed by atoms with E-state index in [0.29, 0.717) is 11.7 Å². The van der Waals surface area contributed by atoms with Gasteiger partial charge in [-0.1, -0.05) is 23.5 Å².